The van der Waals surface area contributed by atoms with Crippen molar-refractivity contribution in [2.75, 3.05) is 0 Å². The van der Waals surface area contributed by atoms with Crippen molar-refractivity contribution in [2.45, 2.75) is 66.2 Å². The Morgan fingerprint density at radius 1 is 1.15 bits per heavy atom. The van der Waals surface area contributed by atoms with Gasteiger partial charge in [-0.1, -0.05) is 33.1 Å². The van der Waals surface area contributed by atoms with Gasteiger partial charge in [-0.25, -0.2) is 0 Å². The molecule has 0 N–H and O–H groups in total. The minimum Gasteiger partial charge on any atom is -0.303 e. The van der Waals surface area contributed by atoms with E-state index in [1.807, 2.05) is 0 Å². The summed E-state index contributed by atoms with van der Waals surface area (Å²) in [5.41, 5.74) is 1.05. The highest BCUT2D eigenvalue weighted by Gasteiger charge is 1.83. The van der Waals surface area contributed by atoms with Crippen molar-refractivity contribution >= 4 is 12.1 Å². The van der Waals surface area contributed by atoms with E-state index in [0.29, 0.717) is 0 Å². The van der Waals surface area contributed by atoms with Crippen LogP contribution in [0.4, 0.5) is 0 Å². The molecule has 114 valence electrons. The number of rotatable bonds is 6. The molecule has 1 aromatic heterocycles. The number of aldehydes is 1. The summed E-state index contributed by atoms with van der Waals surface area (Å²) < 4.78 is 0. The molecule has 0 saturated heterocycles. The SMILES string of the molecule is CC(C)=O.CCCCCCC=O.CCc1cnccn1. The van der Waals surface area contributed by atoms with Crippen LogP contribution in [0, 0.1) is 0 Å². The third-order valence-electron chi connectivity index (χ3n) is 2.15. The first kappa shape index (κ1) is 20.7. The number of carbonyl (C=O) groups is 2. The van der Waals surface area contributed by atoms with Crippen LogP contribution in [0.2, 0.25) is 0 Å². The molecule has 0 radical (unpaired) electrons. The van der Waals surface area contributed by atoms with E-state index >= 15 is 0 Å². The van der Waals surface area contributed by atoms with E-state index in [1.165, 1.54) is 33.1 Å². The fraction of sp³-hybridized carbons (Fsp3) is 0.625. The summed E-state index contributed by atoms with van der Waals surface area (Å²) in [5, 5.41) is 0. The largest absolute Gasteiger partial charge is 0.303 e. The van der Waals surface area contributed by atoms with Gasteiger partial charge in [-0.15, -0.1) is 0 Å². The lowest BCUT2D eigenvalue weighted by Crippen LogP contribution is -1.84. The van der Waals surface area contributed by atoms with E-state index in [9.17, 15) is 9.59 Å². The van der Waals surface area contributed by atoms with Crippen molar-refractivity contribution in [1.82, 2.24) is 9.97 Å². The van der Waals surface area contributed by atoms with E-state index in [0.717, 1.165) is 31.2 Å². The van der Waals surface area contributed by atoms with Crippen LogP contribution >= 0.6 is 0 Å². The number of hydrogen-bond acceptors (Lipinski definition) is 4. The van der Waals surface area contributed by atoms with Gasteiger partial charge in [0.2, 0.25) is 0 Å². The van der Waals surface area contributed by atoms with Crippen LogP contribution in [0.3, 0.4) is 0 Å². The third-order valence-corrected chi connectivity index (χ3v) is 2.15. The summed E-state index contributed by atoms with van der Waals surface area (Å²) in [6.45, 7) is 7.28. The Morgan fingerprint density at radius 2 is 1.80 bits per heavy atom. The molecule has 0 aliphatic heterocycles. The second-order valence-electron chi connectivity index (χ2n) is 4.47. The standard InChI is InChI=1S/C7H14O.C6H8N2.C3H6O/c1-2-3-4-5-6-7-8;1-2-6-5-7-3-4-8-6;1-3(2)4/h7H,2-6H2,1H3;3-5H,2H2,1H3;1-2H3. The number of aromatic nitrogens is 2. The molecule has 0 amide bonds. The van der Waals surface area contributed by atoms with Gasteiger partial charge < -0.3 is 9.59 Å². The minimum atomic E-state index is 0.167. The average Bonchev–Trinajstić information content (AvgIpc) is 2.45. The molecule has 0 fully saturated rings. The Bertz CT molecular complexity index is 323. The van der Waals surface area contributed by atoms with E-state index in [-0.39, 0.29) is 5.78 Å². The summed E-state index contributed by atoms with van der Waals surface area (Å²) in [4.78, 5) is 27.1. The predicted molar refractivity (Wildman–Crippen MR) is 82.6 cm³/mol. The van der Waals surface area contributed by atoms with Crippen LogP contribution in [0.25, 0.3) is 0 Å². The number of ketones is 1. The maximum Gasteiger partial charge on any atom is 0.126 e. The minimum absolute atomic E-state index is 0.167. The topological polar surface area (TPSA) is 59.9 Å². The van der Waals surface area contributed by atoms with Gasteiger partial charge in [-0.05, 0) is 26.7 Å². The van der Waals surface area contributed by atoms with Gasteiger partial charge in [-0.2, -0.15) is 0 Å². The summed E-state index contributed by atoms with van der Waals surface area (Å²) in [5.74, 6) is 0.167. The van der Waals surface area contributed by atoms with Crippen LogP contribution in [-0.2, 0) is 16.0 Å². The molecule has 0 spiro atoms. The monoisotopic (exact) mass is 280 g/mol. The number of unbranched alkanes of at least 4 members (excludes halogenated alkanes) is 4. The highest BCUT2D eigenvalue weighted by Crippen LogP contribution is 1.99. The maximum absolute atomic E-state index is 9.77. The lowest BCUT2D eigenvalue weighted by atomic mass is 10.2. The fourth-order valence-electron chi connectivity index (χ4n) is 1.17. The van der Waals surface area contributed by atoms with Gasteiger partial charge in [-0.3, -0.25) is 9.97 Å². The Balaban J connectivity index is 0. The van der Waals surface area contributed by atoms with Crippen LogP contribution < -0.4 is 0 Å². The lowest BCUT2D eigenvalue weighted by Gasteiger charge is -1.90. The van der Waals surface area contributed by atoms with Crippen molar-refractivity contribution in [3.8, 4) is 0 Å². The van der Waals surface area contributed by atoms with Crippen molar-refractivity contribution in [3.05, 3.63) is 24.3 Å². The Hall–Kier alpha value is -1.58. The van der Waals surface area contributed by atoms with E-state index in [2.05, 4.69) is 23.8 Å². The maximum atomic E-state index is 9.77. The zero-order valence-corrected chi connectivity index (χ0v) is 13.3. The zero-order valence-electron chi connectivity index (χ0n) is 13.3. The highest BCUT2D eigenvalue weighted by atomic mass is 16.1. The molecule has 20 heavy (non-hydrogen) atoms. The molecule has 1 heterocycles. The molecular weight excluding hydrogens is 252 g/mol. The zero-order chi connectivity index (χ0) is 15.6. The number of aryl methyl sites for hydroxylation is 1. The molecular formula is C16H28N2O2. The molecule has 1 rings (SSSR count). The van der Waals surface area contributed by atoms with Crippen molar-refractivity contribution < 1.29 is 9.59 Å². The molecule has 1 aromatic rings. The second kappa shape index (κ2) is 17.4. The Kier molecular flexibility index (Phi) is 18.1. The molecule has 0 bridgehead atoms. The summed E-state index contributed by atoms with van der Waals surface area (Å²) in [6.07, 6.45) is 12.7. The number of Topliss-reactive ketones (excluding diaryl/α,β-unsaturated/α-hetero) is 1. The first-order chi connectivity index (χ1) is 9.58. The third kappa shape index (κ3) is 21.7. The van der Waals surface area contributed by atoms with Gasteiger partial charge in [0.1, 0.15) is 12.1 Å². The predicted octanol–water partition coefficient (Wildman–Crippen LogP) is 3.79. The van der Waals surface area contributed by atoms with Gasteiger partial charge in [0.25, 0.3) is 0 Å². The van der Waals surface area contributed by atoms with E-state index < -0.39 is 0 Å². The Morgan fingerprint density at radius 3 is 2.15 bits per heavy atom. The average molecular weight is 280 g/mol. The van der Waals surface area contributed by atoms with Gasteiger partial charge in [0, 0.05) is 25.0 Å². The summed E-state index contributed by atoms with van der Waals surface area (Å²) in [6, 6.07) is 0. The van der Waals surface area contributed by atoms with Gasteiger partial charge in [0.05, 0.1) is 5.69 Å². The molecule has 0 atom stereocenters. The molecule has 0 aliphatic carbocycles. The first-order valence-corrected chi connectivity index (χ1v) is 7.24. The second-order valence-corrected chi connectivity index (χ2v) is 4.47. The van der Waals surface area contributed by atoms with Crippen molar-refractivity contribution in [3.63, 3.8) is 0 Å². The molecule has 4 nitrogen and oxygen atoms in total. The lowest BCUT2D eigenvalue weighted by molar-refractivity contribution is -0.115. The molecule has 4 heteroatoms. The first-order valence-electron chi connectivity index (χ1n) is 7.24. The number of carbonyl (C=O) groups excluding carboxylic acids is 2. The van der Waals surface area contributed by atoms with Crippen molar-refractivity contribution in [1.29, 1.82) is 0 Å². The van der Waals surface area contributed by atoms with Crippen molar-refractivity contribution in [2.24, 2.45) is 0 Å². The molecule has 0 aromatic carbocycles. The smallest absolute Gasteiger partial charge is 0.126 e. The number of nitrogens with zero attached hydrogens (tertiary/aromatic N) is 2. The van der Waals surface area contributed by atoms with Crippen LogP contribution in [0.5, 0.6) is 0 Å². The fourth-order valence-corrected chi connectivity index (χ4v) is 1.17. The van der Waals surface area contributed by atoms with E-state index in [1.54, 1.807) is 18.6 Å². The summed E-state index contributed by atoms with van der Waals surface area (Å²) >= 11 is 0. The quantitative estimate of drug-likeness (QED) is 0.587. The molecule has 0 aliphatic rings. The normalized spacial score (nSPS) is 8.60. The molecule has 0 unspecified atom stereocenters. The highest BCUT2D eigenvalue weighted by molar-refractivity contribution is 5.72. The van der Waals surface area contributed by atoms with Crippen LogP contribution in [-0.4, -0.2) is 22.0 Å². The Labute approximate surface area is 123 Å². The van der Waals surface area contributed by atoms with Crippen LogP contribution in [0.1, 0.15) is 65.5 Å². The van der Waals surface area contributed by atoms with E-state index in [4.69, 9.17) is 0 Å². The van der Waals surface area contributed by atoms with Gasteiger partial charge in [0.15, 0.2) is 0 Å². The van der Waals surface area contributed by atoms with Crippen LogP contribution in [0.15, 0.2) is 18.6 Å². The number of hydrogen-bond donors (Lipinski definition) is 0. The molecule has 0 saturated carbocycles. The summed E-state index contributed by atoms with van der Waals surface area (Å²) in [7, 11) is 0. The van der Waals surface area contributed by atoms with Gasteiger partial charge >= 0.3 is 0 Å².